The van der Waals surface area contributed by atoms with Crippen LogP contribution in [0.4, 0.5) is 0 Å². The van der Waals surface area contributed by atoms with Crippen molar-refractivity contribution >= 4 is 10.0 Å². The van der Waals surface area contributed by atoms with E-state index < -0.39 is 16.1 Å². The minimum Gasteiger partial charge on any atom is -0.487 e. The summed E-state index contributed by atoms with van der Waals surface area (Å²) in [6.07, 6.45) is 5.06. The Morgan fingerprint density at radius 3 is 2.82 bits per heavy atom. The van der Waals surface area contributed by atoms with Crippen LogP contribution in [0.25, 0.3) is 0 Å². The number of fused-ring (bicyclic) bond motifs is 1. The van der Waals surface area contributed by atoms with Crippen molar-refractivity contribution in [1.29, 1.82) is 0 Å². The number of hydrogen-bond donors (Lipinski definition) is 1. The van der Waals surface area contributed by atoms with E-state index in [4.69, 9.17) is 4.74 Å². The number of benzene rings is 1. The van der Waals surface area contributed by atoms with Gasteiger partial charge in [-0.25, -0.2) is 8.42 Å². The van der Waals surface area contributed by atoms with Gasteiger partial charge in [-0.05, 0) is 50.2 Å². The van der Waals surface area contributed by atoms with Gasteiger partial charge in [-0.2, -0.15) is 4.31 Å². The Hall–Kier alpha value is -2.44. The molecule has 0 saturated heterocycles. The van der Waals surface area contributed by atoms with Gasteiger partial charge in [0.15, 0.2) is 0 Å². The summed E-state index contributed by atoms with van der Waals surface area (Å²) in [6.45, 7) is 7.08. The summed E-state index contributed by atoms with van der Waals surface area (Å²) in [7, 11) is -1.84. The summed E-state index contributed by atoms with van der Waals surface area (Å²) in [5, 5.41) is 9.79. The van der Waals surface area contributed by atoms with Crippen LogP contribution in [-0.2, 0) is 16.6 Å². The second-order valence-corrected chi connectivity index (χ2v) is 10.9. The van der Waals surface area contributed by atoms with Crippen molar-refractivity contribution < 1.29 is 18.3 Å². The second kappa shape index (κ2) is 11.8. The van der Waals surface area contributed by atoms with Crippen molar-refractivity contribution in [2.75, 3.05) is 26.7 Å². The molecule has 0 bridgehead atoms. The summed E-state index contributed by atoms with van der Waals surface area (Å²) < 4.78 is 34.9. The van der Waals surface area contributed by atoms with Crippen molar-refractivity contribution in [3.63, 3.8) is 0 Å². The van der Waals surface area contributed by atoms with Crippen LogP contribution in [0.1, 0.15) is 44.7 Å². The number of ether oxygens (including phenoxy) is 1. The molecule has 2 heterocycles. The van der Waals surface area contributed by atoms with E-state index in [2.05, 4.69) is 28.6 Å². The maximum atomic E-state index is 13.5. The van der Waals surface area contributed by atoms with Crippen molar-refractivity contribution in [2.45, 2.75) is 57.2 Å². The lowest BCUT2D eigenvalue weighted by Crippen LogP contribution is -2.49. The highest BCUT2D eigenvalue weighted by atomic mass is 32.2. The highest BCUT2D eigenvalue weighted by molar-refractivity contribution is 7.89. The Morgan fingerprint density at radius 1 is 1.35 bits per heavy atom. The third kappa shape index (κ3) is 6.36. The molecule has 34 heavy (non-hydrogen) atoms. The predicted octanol–water partition coefficient (Wildman–Crippen LogP) is 3.13. The number of nitrogens with zero attached hydrogens (tertiary/aromatic N) is 3. The minimum absolute atomic E-state index is 0.108. The third-order valence-corrected chi connectivity index (χ3v) is 7.96. The van der Waals surface area contributed by atoms with Gasteiger partial charge >= 0.3 is 0 Å². The molecular formula is C26H35N3O4S. The molecular weight excluding hydrogens is 450 g/mol. The fraction of sp³-hybridized carbons (Fsp3) is 0.500. The van der Waals surface area contributed by atoms with E-state index in [1.807, 2.05) is 32.3 Å². The molecule has 1 aromatic carbocycles. The zero-order valence-electron chi connectivity index (χ0n) is 20.4. The fourth-order valence-electron chi connectivity index (χ4n) is 3.99. The lowest BCUT2D eigenvalue weighted by molar-refractivity contribution is 0.0733. The van der Waals surface area contributed by atoms with Crippen molar-refractivity contribution in [3.8, 4) is 17.6 Å². The molecule has 7 nitrogen and oxygen atoms in total. The monoisotopic (exact) mass is 485 g/mol. The summed E-state index contributed by atoms with van der Waals surface area (Å²) in [4.78, 5) is 6.45. The van der Waals surface area contributed by atoms with Crippen LogP contribution in [0.15, 0.2) is 47.6 Å². The number of sulfonamides is 1. The first-order chi connectivity index (χ1) is 16.3. The Balaban J connectivity index is 1.97. The van der Waals surface area contributed by atoms with Gasteiger partial charge in [-0.15, -0.1) is 0 Å². The molecule has 184 valence electrons. The predicted molar refractivity (Wildman–Crippen MR) is 133 cm³/mol. The lowest BCUT2D eigenvalue weighted by Gasteiger charge is -2.37. The molecule has 8 heteroatoms. The summed E-state index contributed by atoms with van der Waals surface area (Å²) in [5.74, 6) is 6.42. The highest BCUT2D eigenvalue weighted by Crippen LogP contribution is 2.34. The molecule has 0 radical (unpaired) electrons. The highest BCUT2D eigenvalue weighted by Gasteiger charge is 2.38. The number of aliphatic hydroxyl groups excluding tert-OH is 1. The second-order valence-electron chi connectivity index (χ2n) is 9.01. The van der Waals surface area contributed by atoms with Gasteiger partial charge in [-0.1, -0.05) is 31.8 Å². The van der Waals surface area contributed by atoms with Crippen molar-refractivity contribution in [3.05, 3.63) is 53.9 Å². The van der Waals surface area contributed by atoms with Crippen molar-refractivity contribution in [1.82, 2.24) is 14.2 Å². The SMILES string of the molecule is CCCC#Cc1ccc2c(c1)O[C@@H](CN(C)Cc1cccnc1)[C@H](C)CN([C@H](C)CO)S2(=O)=O. The molecule has 2 aromatic rings. The van der Waals surface area contributed by atoms with Gasteiger partial charge in [0, 0.05) is 56.0 Å². The Labute approximate surface area is 203 Å². The van der Waals surface area contributed by atoms with E-state index in [1.165, 1.54) is 4.31 Å². The Bertz CT molecular complexity index is 1110. The number of aromatic nitrogens is 1. The van der Waals surface area contributed by atoms with Gasteiger partial charge in [0.1, 0.15) is 16.7 Å². The molecule has 0 aliphatic carbocycles. The summed E-state index contributed by atoms with van der Waals surface area (Å²) in [5.41, 5.74) is 1.82. The molecule has 3 atom stereocenters. The maximum Gasteiger partial charge on any atom is 0.247 e. The number of pyridine rings is 1. The first kappa shape index (κ1) is 26.2. The number of unbranched alkanes of at least 4 members (excludes halogenated alkanes) is 1. The van der Waals surface area contributed by atoms with E-state index in [9.17, 15) is 13.5 Å². The van der Waals surface area contributed by atoms with Crippen LogP contribution < -0.4 is 4.74 Å². The number of aliphatic hydroxyl groups is 1. The molecule has 1 N–H and O–H groups in total. The van der Waals surface area contributed by atoms with E-state index in [0.29, 0.717) is 18.8 Å². The Kier molecular flexibility index (Phi) is 9.09. The van der Waals surface area contributed by atoms with Gasteiger partial charge in [0.05, 0.1) is 6.61 Å². The first-order valence-corrected chi connectivity index (χ1v) is 13.2. The third-order valence-electron chi connectivity index (χ3n) is 5.94. The van der Waals surface area contributed by atoms with Crippen LogP contribution in [0.3, 0.4) is 0 Å². The topological polar surface area (TPSA) is 83.0 Å². The van der Waals surface area contributed by atoms with Gasteiger partial charge in [0.25, 0.3) is 0 Å². The lowest BCUT2D eigenvalue weighted by atomic mass is 10.0. The molecule has 0 amide bonds. The van der Waals surface area contributed by atoms with Crippen LogP contribution >= 0.6 is 0 Å². The standard InChI is InChI=1S/C26H35N3O4S/c1-5-6-7-9-22-11-12-26-24(14-22)33-25(18-28(4)17-23-10-8-13-27-15-23)20(2)16-29(21(3)19-30)34(26,31)32/h8,10-15,20-21,25,30H,5-6,16-19H2,1-4H3/t20-,21-,25+/m1/s1. The summed E-state index contributed by atoms with van der Waals surface area (Å²) >= 11 is 0. The zero-order valence-corrected chi connectivity index (χ0v) is 21.3. The average Bonchev–Trinajstić information content (AvgIpc) is 2.81. The molecule has 0 unspecified atom stereocenters. The van der Waals surface area contributed by atoms with E-state index in [-0.39, 0.29) is 30.1 Å². The normalized spacial score (nSPS) is 20.9. The summed E-state index contributed by atoms with van der Waals surface area (Å²) in [6, 6.07) is 8.41. The van der Waals surface area contributed by atoms with Crippen LogP contribution in [0.5, 0.6) is 5.75 Å². The first-order valence-electron chi connectivity index (χ1n) is 11.8. The number of likely N-dealkylation sites (N-methyl/N-ethyl adjacent to an activating group) is 1. The van der Waals surface area contributed by atoms with Gasteiger partial charge in [0.2, 0.25) is 10.0 Å². The zero-order chi connectivity index (χ0) is 24.7. The molecule has 0 spiro atoms. The molecule has 0 saturated carbocycles. The molecule has 1 aromatic heterocycles. The average molecular weight is 486 g/mol. The van der Waals surface area contributed by atoms with E-state index >= 15 is 0 Å². The number of hydrogen-bond acceptors (Lipinski definition) is 6. The van der Waals surface area contributed by atoms with Gasteiger partial charge < -0.3 is 9.84 Å². The Morgan fingerprint density at radius 2 is 2.15 bits per heavy atom. The van der Waals surface area contributed by atoms with Crippen LogP contribution in [-0.4, -0.2) is 66.6 Å². The molecule has 3 rings (SSSR count). The van der Waals surface area contributed by atoms with Crippen LogP contribution in [0.2, 0.25) is 0 Å². The maximum absolute atomic E-state index is 13.5. The largest absolute Gasteiger partial charge is 0.487 e. The van der Waals surface area contributed by atoms with E-state index in [1.54, 1.807) is 31.3 Å². The van der Waals surface area contributed by atoms with Gasteiger partial charge in [-0.3, -0.25) is 9.88 Å². The van der Waals surface area contributed by atoms with Crippen molar-refractivity contribution in [2.24, 2.45) is 5.92 Å². The quantitative estimate of drug-likeness (QED) is 0.607. The fourth-order valence-corrected chi connectivity index (χ4v) is 5.81. The number of rotatable bonds is 7. The molecule has 1 aliphatic rings. The molecule has 0 fully saturated rings. The van der Waals surface area contributed by atoms with Crippen LogP contribution in [0, 0.1) is 17.8 Å². The van der Waals surface area contributed by atoms with E-state index in [0.717, 1.165) is 24.0 Å². The minimum atomic E-state index is -3.85. The molecule has 1 aliphatic heterocycles. The smallest absolute Gasteiger partial charge is 0.247 e.